The standard InChI is InChI=1S/C55H101N2O6P/c1-6-8-10-12-14-16-18-20-22-24-26-27-28-29-31-33-35-37-39-41-43-45-47-49-55(59)56-53(52-63-64(60,61)62-51-50-57(3,4)5)54(58)48-46-44-42-40-38-36-34-32-30-25-23-21-19-17-15-13-11-9-7-2/h8,10,14,16,20,22,26-27,29,31,35,37,53-54,58H,6-7,9,11-13,15,17-19,21,23-25,28,30,32-34,36,38-52H2,1-5H3,(H-,56,59,60,61)/p+1/b10-8-,16-14-,22-20-,27-26-,31-29-,37-35-. The van der Waals surface area contributed by atoms with E-state index in [1.54, 1.807) is 0 Å². The number of nitrogens with zero attached hydrogens (tertiary/aromatic N) is 1. The Labute approximate surface area is 395 Å². The number of carbonyl (C=O) groups is 1. The molecule has 0 aliphatic heterocycles. The molecular weight excluding hydrogens is 816 g/mol. The van der Waals surface area contributed by atoms with E-state index in [-0.39, 0.29) is 19.1 Å². The number of hydrogen-bond acceptors (Lipinski definition) is 5. The highest BCUT2D eigenvalue weighted by atomic mass is 31.2. The van der Waals surface area contributed by atoms with Crippen molar-refractivity contribution in [3.63, 3.8) is 0 Å². The van der Waals surface area contributed by atoms with Gasteiger partial charge in [-0.1, -0.05) is 222 Å². The molecule has 0 aromatic rings. The molecular formula is C55H102N2O6P+. The zero-order valence-electron chi connectivity index (χ0n) is 42.3. The summed E-state index contributed by atoms with van der Waals surface area (Å²) in [6.07, 6.45) is 62.2. The van der Waals surface area contributed by atoms with E-state index in [1.165, 1.54) is 103 Å². The molecule has 0 bridgehead atoms. The van der Waals surface area contributed by atoms with Crippen LogP contribution < -0.4 is 5.32 Å². The van der Waals surface area contributed by atoms with Gasteiger partial charge < -0.3 is 19.8 Å². The number of carbonyl (C=O) groups excluding carboxylic acids is 1. The minimum absolute atomic E-state index is 0.0658. The summed E-state index contributed by atoms with van der Waals surface area (Å²) in [6.45, 7) is 4.76. The van der Waals surface area contributed by atoms with Crippen LogP contribution in [0.1, 0.15) is 219 Å². The van der Waals surface area contributed by atoms with E-state index in [0.717, 1.165) is 89.9 Å². The number of phosphoric acid groups is 1. The molecule has 3 unspecified atom stereocenters. The Balaban J connectivity index is 4.33. The van der Waals surface area contributed by atoms with Crippen LogP contribution in [0.3, 0.4) is 0 Å². The Bertz CT molecular complexity index is 1270. The normalized spacial score (nSPS) is 14.7. The molecule has 0 radical (unpaired) electrons. The van der Waals surface area contributed by atoms with Gasteiger partial charge in [0.25, 0.3) is 0 Å². The molecule has 0 aromatic carbocycles. The van der Waals surface area contributed by atoms with E-state index in [2.05, 4.69) is 92.1 Å². The van der Waals surface area contributed by atoms with Crippen LogP contribution in [0, 0.1) is 0 Å². The average Bonchev–Trinajstić information content (AvgIpc) is 3.25. The summed E-state index contributed by atoms with van der Waals surface area (Å²) in [4.78, 5) is 23.3. The SMILES string of the molecule is CC/C=C\C/C=C\C/C=C\C/C=C\C/C=C\C/C=C\CCCCCCC(=O)NC(COP(=O)(O)OCC[N+](C)(C)C)C(O)CCCCCCCCCCCCCCCCCCCCC. The zero-order chi connectivity index (χ0) is 47.1. The number of unbranched alkanes of at least 4 members (excludes halogenated alkanes) is 22. The predicted molar refractivity (Wildman–Crippen MR) is 276 cm³/mol. The number of aliphatic hydroxyl groups excluding tert-OH is 1. The van der Waals surface area contributed by atoms with Gasteiger partial charge in [0.1, 0.15) is 13.2 Å². The molecule has 0 saturated heterocycles. The number of rotatable bonds is 47. The first kappa shape index (κ1) is 61.9. The van der Waals surface area contributed by atoms with Gasteiger partial charge in [0.15, 0.2) is 0 Å². The third-order valence-corrected chi connectivity index (χ3v) is 12.5. The molecule has 9 heteroatoms. The minimum Gasteiger partial charge on any atom is -0.391 e. The quantitative estimate of drug-likeness (QED) is 0.0243. The lowest BCUT2D eigenvalue weighted by molar-refractivity contribution is -0.870. The lowest BCUT2D eigenvalue weighted by Gasteiger charge is -2.26. The highest BCUT2D eigenvalue weighted by Crippen LogP contribution is 2.43. The molecule has 0 aromatic heterocycles. The van der Waals surface area contributed by atoms with Gasteiger partial charge in [0, 0.05) is 6.42 Å². The summed E-state index contributed by atoms with van der Waals surface area (Å²) in [5.74, 6) is -0.170. The van der Waals surface area contributed by atoms with Crippen LogP contribution in [0.2, 0.25) is 0 Å². The van der Waals surface area contributed by atoms with Crippen LogP contribution in [0.5, 0.6) is 0 Å². The summed E-state index contributed by atoms with van der Waals surface area (Å²) in [5.41, 5.74) is 0. The van der Waals surface area contributed by atoms with Gasteiger partial charge in [-0.3, -0.25) is 13.8 Å². The van der Waals surface area contributed by atoms with Crippen molar-refractivity contribution in [2.75, 3.05) is 40.9 Å². The second kappa shape index (κ2) is 46.1. The van der Waals surface area contributed by atoms with Crippen LogP contribution in [0.4, 0.5) is 0 Å². The molecule has 0 aliphatic rings. The smallest absolute Gasteiger partial charge is 0.391 e. The number of quaternary nitrogens is 1. The Kier molecular flexibility index (Phi) is 44.6. The maximum Gasteiger partial charge on any atom is 0.472 e. The van der Waals surface area contributed by atoms with E-state index >= 15 is 0 Å². The van der Waals surface area contributed by atoms with Crippen molar-refractivity contribution >= 4 is 13.7 Å². The minimum atomic E-state index is -4.33. The van der Waals surface area contributed by atoms with Gasteiger partial charge >= 0.3 is 7.82 Å². The monoisotopic (exact) mass is 918 g/mol. The van der Waals surface area contributed by atoms with Crippen LogP contribution in [-0.2, 0) is 18.4 Å². The molecule has 3 N–H and O–H groups in total. The Morgan fingerprint density at radius 3 is 1.38 bits per heavy atom. The molecule has 8 nitrogen and oxygen atoms in total. The van der Waals surface area contributed by atoms with Crippen molar-refractivity contribution in [3.05, 3.63) is 72.9 Å². The van der Waals surface area contributed by atoms with E-state index in [4.69, 9.17) is 9.05 Å². The van der Waals surface area contributed by atoms with Crippen molar-refractivity contribution < 1.29 is 32.9 Å². The molecule has 0 aliphatic carbocycles. The molecule has 1 amide bonds. The lowest BCUT2D eigenvalue weighted by Crippen LogP contribution is -2.46. The highest BCUT2D eigenvalue weighted by molar-refractivity contribution is 7.47. The molecule has 0 spiro atoms. The fourth-order valence-corrected chi connectivity index (χ4v) is 8.08. The summed E-state index contributed by atoms with van der Waals surface area (Å²) >= 11 is 0. The zero-order valence-corrected chi connectivity index (χ0v) is 43.1. The predicted octanol–water partition coefficient (Wildman–Crippen LogP) is 15.5. The maximum atomic E-state index is 13.0. The molecule has 0 fully saturated rings. The Morgan fingerprint density at radius 1 is 0.547 bits per heavy atom. The number of nitrogens with one attached hydrogen (secondary N) is 1. The molecule has 0 rings (SSSR count). The molecule has 0 heterocycles. The van der Waals surface area contributed by atoms with Gasteiger partial charge in [-0.25, -0.2) is 4.57 Å². The molecule has 64 heavy (non-hydrogen) atoms. The van der Waals surface area contributed by atoms with Crippen LogP contribution in [0.15, 0.2) is 72.9 Å². The van der Waals surface area contributed by atoms with Crippen molar-refractivity contribution in [2.24, 2.45) is 0 Å². The van der Waals surface area contributed by atoms with E-state index in [9.17, 15) is 19.4 Å². The third kappa shape index (κ3) is 47.9. The number of hydrogen-bond donors (Lipinski definition) is 3. The lowest BCUT2D eigenvalue weighted by atomic mass is 10.0. The van der Waals surface area contributed by atoms with E-state index in [0.29, 0.717) is 23.9 Å². The fourth-order valence-electron chi connectivity index (χ4n) is 7.34. The van der Waals surface area contributed by atoms with Crippen LogP contribution in [-0.4, -0.2) is 73.4 Å². The van der Waals surface area contributed by atoms with E-state index in [1.807, 2.05) is 21.1 Å². The van der Waals surface area contributed by atoms with Crippen molar-refractivity contribution in [1.82, 2.24) is 5.32 Å². The molecule has 372 valence electrons. The van der Waals surface area contributed by atoms with Crippen LogP contribution >= 0.6 is 7.82 Å². The second-order valence-electron chi connectivity index (χ2n) is 18.9. The summed E-state index contributed by atoms with van der Waals surface area (Å²) < 4.78 is 23.7. The largest absolute Gasteiger partial charge is 0.472 e. The summed E-state index contributed by atoms with van der Waals surface area (Å²) in [6, 6.07) is -0.779. The highest BCUT2D eigenvalue weighted by Gasteiger charge is 2.28. The number of allylic oxidation sites excluding steroid dienone is 12. The first-order chi connectivity index (χ1) is 31.0. The summed E-state index contributed by atoms with van der Waals surface area (Å²) in [5, 5.41) is 14.0. The van der Waals surface area contributed by atoms with Crippen LogP contribution in [0.25, 0.3) is 0 Å². The van der Waals surface area contributed by atoms with Crippen molar-refractivity contribution in [2.45, 2.75) is 231 Å². The van der Waals surface area contributed by atoms with Crippen molar-refractivity contribution in [3.8, 4) is 0 Å². The second-order valence-corrected chi connectivity index (χ2v) is 20.3. The van der Waals surface area contributed by atoms with Gasteiger partial charge in [-0.15, -0.1) is 0 Å². The van der Waals surface area contributed by atoms with E-state index < -0.39 is 20.0 Å². The third-order valence-electron chi connectivity index (χ3n) is 11.5. The Hall–Kier alpha value is -2.06. The molecule has 0 saturated carbocycles. The number of amides is 1. The van der Waals surface area contributed by atoms with Gasteiger partial charge in [-0.2, -0.15) is 0 Å². The molecule has 3 atom stereocenters. The average molecular weight is 918 g/mol. The van der Waals surface area contributed by atoms with Crippen molar-refractivity contribution in [1.29, 1.82) is 0 Å². The first-order valence-corrected chi connectivity index (χ1v) is 27.8. The fraction of sp³-hybridized carbons (Fsp3) is 0.764. The van der Waals surface area contributed by atoms with Gasteiger partial charge in [0.2, 0.25) is 5.91 Å². The summed E-state index contributed by atoms with van der Waals surface area (Å²) in [7, 11) is 1.59. The number of phosphoric ester groups is 1. The number of aliphatic hydroxyl groups is 1. The number of likely N-dealkylation sites (N-methyl/N-ethyl adjacent to an activating group) is 1. The Morgan fingerprint density at radius 2 is 0.938 bits per heavy atom. The van der Waals surface area contributed by atoms with Gasteiger partial charge in [0.05, 0.1) is 39.9 Å². The van der Waals surface area contributed by atoms with Gasteiger partial charge in [-0.05, 0) is 64.2 Å². The first-order valence-electron chi connectivity index (χ1n) is 26.3. The topological polar surface area (TPSA) is 105 Å². The maximum absolute atomic E-state index is 13.0.